The largest absolute Gasteiger partial charge is 0.301 e. The Morgan fingerprint density at radius 1 is 1.08 bits per heavy atom. The molecular formula is C17H14F4N2OS. The van der Waals surface area contributed by atoms with Gasteiger partial charge in [0.2, 0.25) is 0 Å². The second kappa shape index (κ2) is 8.15. The molecule has 0 saturated carbocycles. The average molecular weight is 370 g/mol. The van der Waals surface area contributed by atoms with Gasteiger partial charge in [0, 0.05) is 0 Å². The van der Waals surface area contributed by atoms with Crippen molar-refractivity contribution in [2.24, 2.45) is 4.99 Å². The highest BCUT2D eigenvalue weighted by atomic mass is 32.2. The molecule has 0 aliphatic rings. The molecule has 0 fully saturated rings. The van der Waals surface area contributed by atoms with Gasteiger partial charge < -0.3 is 5.32 Å². The zero-order chi connectivity index (χ0) is 18.6. The summed E-state index contributed by atoms with van der Waals surface area (Å²) in [7, 11) is 0. The summed E-state index contributed by atoms with van der Waals surface area (Å²) in [4.78, 5) is 16.3. The van der Waals surface area contributed by atoms with E-state index in [1.54, 1.807) is 19.1 Å². The van der Waals surface area contributed by atoms with Crippen molar-refractivity contribution in [3.8, 4) is 0 Å². The maximum atomic E-state index is 13.7. The van der Waals surface area contributed by atoms with Crippen LogP contribution in [0.1, 0.15) is 22.8 Å². The number of amides is 1. The van der Waals surface area contributed by atoms with Crippen molar-refractivity contribution in [2.45, 2.75) is 13.8 Å². The van der Waals surface area contributed by atoms with Crippen molar-refractivity contribution >= 4 is 28.5 Å². The van der Waals surface area contributed by atoms with Crippen LogP contribution in [0.15, 0.2) is 35.3 Å². The quantitative estimate of drug-likeness (QED) is 0.279. The second-order valence-electron chi connectivity index (χ2n) is 4.99. The van der Waals surface area contributed by atoms with E-state index in [9.17, 15) is 22.4 Å². The van der Waals surface area contributed by atoms with E-state index in [2.05, 4.69) is 10.3 Å². The lowest BCUT2D eigenvalue weighted by atomic mass is 10.1. The highest BCUT2D eigenvalue weighted by Crippen LogP contribution is 2.20. The van der Waals surface area contributed by atoms with Crippen molar-refractivity contribution in [1.82, 2.24) is 5.32 Å². The lowest BCUT2D eigenvalue weighted by Gasteiger charge is -2.09. The number of halogens is 4. The lowest BCUT2D eigenvalue weighted by molar-refractivity contribution is 0.0972. The minimum Gasteiger partial charge on any atom is -0.301 e. The number of benzene rings is 2. The van der Waals surface area contributed by atoms with Gasteiger partial charge >= 0.3 is 0 Å². The fraction of sp³-hybridized carbons (Fsp3) is 0.176. The topological polar surface area (TPSA) is 41.5 Å². The predicted molar refractivity (Wildman–Crippen MR) is 90.1 cm³/mol. The zero-order valence-electron chi connectivity index (χ0n) is 13.4. The Labute approximate surface area is 146 Å². The van der Waals surface area contributed by atoms with E-state index in [0.29, 0.717) is 17.5 Å². The summed E-state index contributed by atoms with van der Waals surface area (Å²) in [6.45, 7) is 3.71. The van der Waals surface area contributed by atoms with Crippen LogP contribution in [-0.4, -0.2) is 16.8 Å². The number of nitrogens with zero attached hydrogens (tertiary/aromatic N) is 1. The Bertz CT molecular complexity index is 822. The van der Waals surface area contributed by atoms with E-state index < -0.39 is 34.7 Å². The van der Waals surface area contributed by atoms with E-state index in [0.717, 1.165) is 17.3 Å². The molecule has 2 aromatic rings. The van der Waals surface area contributed by atoms with Crippen molar-refractivity contribution < 1.29 is 22.4 Å². The molecule has 1 N–H and O–H groups in total. The summed E-state index contributed by atoms with van der Waals surface area (Å²) in [6.07, 6.45) is 0. The number of aryl methyl sites for hydroxylation is 1. The Kier molecular flexibility index (Phi) is 6.19. The molecule has 0 aromatic heterocycles. The van der Waals surface area contributed by atoms with E-state index in [1.807, 2.05) is 19.1 Å². The fourth-order valence-corrected chi connectivity index (χ4v) is 2.48. The molecule has 2 rings (SSSR count). The molecular weight excluding hydrogens is 356 g/mol. The van der Waals surface area contributed by atoms with Gasteiger partial charge in [-0.15, -0.1) is 0 Å². The van der Waals surface area contributed by atoms with Gasteiger partial charge in [-0.25, -0.2) is 22.6 Å². The smallest absolute Gasteiger partial charge is 0.260 e. The van der Waals surface area contributed by atoms with Crippen LogP contribution in [0.25, 0.3) is 0 Å². The second-order valence-corrected chi connectivity index (χ2v) is 6.24. The Morgan fingerprint density at radius 2 is 1.72 bits per heavy atom. The van der Waals surface area contributed by atoms with Gasteiger partial charge in [-0.3, -0.25) is 4.79 Å². The van der Waals surface area contributed by atoms with E-state index in [-0.39, 0.29) is 5.17 Å². The van der Waals surface area contributed by atoms with Crippen LogP contribution in [-0.2, 0) is 0 Å². The predicted octanol–water partition coefficient (Wildman–Crippen LogP) is 4.72. The minimum absolute atomic E-state index is 0.126. The summed E-state index contributed by atoms with van der Waals surface area (Å²) in [5.74, 6) is -7.99. The fourth-order valence-electron chi connectivity index (χ4n) is 1.87. The molecule has 1 amide bonds. The summed E-state index contributed by atoms with van der Waals surface area (Å²) >= 11 is 1.15. The van der Waals surface area contributed by atoms with Gasteiger partial charge in [0.1, 0.15) is 0 Å². The molecule has 25 heavy (non-hydrogen) atoms. The number of aliphatic imine (C=N–C) groups is 1. The van der Waals surface area contributed by atoms with E-state index in [1.165, 1.54) is 0 Å². The molecule has 0 saturated heterocycles. The number of hydrogen-bond acceptors (Lipinski definition) is 3. The molecule has 0 aliphatic heterocycles. The Balaban J connectivity index is 2.31. The molecule has 0 bridgehead atoms. The van der Waals surface area contributed by atoms with Crippen LogP contribution in [0.2, 0.25) is 0 Å². The number of nitrogens with one attached hydrogen (secondary N) is 1. The van der Waals surface area contributed by atoms with Gasteiger partial charge in [0.05, 0.1) is 11.3 Å². The summed E-state index contributed by atoms with van der Waals surface area (Å²) < 4.78 is 53.2. The number of carbonyl (C=O) groups excluding carboxylic acids is 1. The Morgan fingerprint density at radius 3 is 2.32 bits per heavy atom. The number of rotatable bonds is 3. The Hall–Kier alpha value is -2.35. The molecule has 0 heterocycles. The number of thioether (sulfide) groups is 1. The molecule has 0 unspecified atom stereocenters. The first-order valence-electron chi connectivity index (χ1n) is 7.26. The highest BCUT2D eigenvalue weighted by molar-refractivity contribution is 8.13. The van der Waals surface area contributed by atoms with Crippen molar-refractivity contribution in [1.29, 1.82) is 0 Å². The van der Waals surface area contributed by atoms with Crippen LogP contribution in [0.5, 0.6) is 0 Å². The molecule has 3 nitrogen and oxygen atoms in total. The third kappa shape index (κ3) is 4.60. The van der Waals surface area contributed by atoms with Crippen LogP contribution >= 0.6 is 11.8 Å². The van der Waals surface area contributed by atoms with Crippen LogP contribution in [0.3, 0.4) is 0 Å². The molecule has 0 aliphatic carbocycles. The number of hydrogen-bond donors (Lipinski definition) is 1. The van der Waals surface area contributed by atoms with Crippen LogP contribution in [0, 0.1) is 30.2 Å². The van der Waals surface area contributed by atoms with Crippen molar-refractivity contribution in [3.63, 3.8) is 0 Å². The van der Waals surface area contributed by atoms with Crippen LogP contribution in [0.4, 0.5) is 23.2 Å². The maximum absolute atomic E-state index is 13.7. The third-order valence-corrected chi connectivity index (χ3v) is 3.87. The minimum atomic E-state index is -2.04. The van der Waals surface area contributed by atoms with Crippen LogP contribution < -0.4 is 5.32 Å². The molecule has 0 atom stereocenters. The molecule has 2 aromatic carbocycles. The summed E-state index contributed by atoms with van der Waals surface area (Å²) in [5, 5.41) is 2.42. The third-order valence-electron chi connectivity index (χ3n) is 3.11. The first kappa shape index (κ1) is 19.0. The molecule has 0 spiro atoms. The SMILES string of the molecule is CCSC(=Nc1ccc(C)cc1)NC(=O)c1cc(F)c(F)c(F)c1F. The van der Waals surface area contributed by atoms with Crippen molar-refractivity contribution in [3.05, 3.63) is 64.7 Å². The molecule has 0 radical (unpaired) electrons. The van der Waals surface area contributed by atoms with Gasteiger partial charge in [-0.2, -0.15) is 0 Å². The highest BCUT2D eigenvalue weighted by Gasteiger charge is 2.23. The normalized spacial score (nSPS) is 11.5. The van der Waals surface area contributed by atoms with Gasteiger partial charge in [-0.05, 0) is 30.9 Å². The van der Waals surface area contributed by atoms with E-state index in [4.69, 9.17) is 0 Å². The zero-order valence-corrected chi connectivity index (χ0v) is 14.2. The monoisotopic (exact) mass is 370 g/mol. The van der Waals surface area contributed by atoms with Gasteiger partial charge in [0.15, 0.2) is 28.4 Å². The van der Waals surface area contributed by atoms with E-state index >= 15 is 0 Å². The summed E-state index contributed by atoms with van der Waals surface area (Å²) in [5.41, 5.74) is 0.621. The first-order chi connectivity index (χ1) is 11.8. The summed E-state index contributed by atoms with van der Waals surface area (Å²) in [6, 6.07) is 7.38. The average Bonchev–Trinajstić information content (AvgIpc) is 2.58. The molecule has 132 valence electrons. The van der Waals surface area contributed by atoms with Crippen molar-refractivity contribution in [2.75, 3.05) is 5.75 Å². The van der Waals surface area contributed by atoms with Gasteiger partial charge in [0.25, 0.3) is 5.91 Å². The number of amidine groups is 1. The lowest BCUT2D eigenvalue weighted by Crippen LogP contribution is -2.29. The standard InChI is InChI=1S/C17H14F4N2OS/c1-3-25-17(22-10-6-4-9(2)5-7-10)23-16(24)11-8-12(18)14(20)15(21)13(11)19/h4-8H,3H2,1-2H3,(H,22,23,24). The first-order valence-corrected chi connectivity index (χ1v) is 8.24. The van der Waals surface area contributed by atoms with Gasteiger partial charge in [-0.1, -0.05) is 36.4 Å². The molecule has 8 heteroatoms. The number of carbonyl (C=O) groups is 1. The maximum Gasteiger partial charge on any atom is 0.260 e.